The van der Waals surface area contributed by atoms with Crippen LogP contribution in [0.4, 0.5) is 10.5 Å². The lowest BCUT2D eigenvalue weighted by Gasteiger charge is -2.25. The Bertz CT molecular complexity index is 716. The number of carbonyl (C=O) groups excluding carboxylic acids is 1. The van der Waals surface area contributed by atoms with Gasteiger partial charge in [0, 0.05) is 17.8 Å². The third-order valence-electron chi connectivity index (χ3n) is 4.69. The van der Waals surface area contributed by atoms with Gasteiger partial charge in [-0.1, -0.05) is 11.2 Å². The molecule has 0 spiro atoms. The van der Waals surface area contributed by atoms with E-state index in [1.54, 1.807) is 0 Å². The number of amides is 2. The Kier molecular flexibility index (Phi) is 4.11. The van der Waals surface area contributed by atoms with E-state index in [4.69, 9.17) is 4.52 Å². The second kappa shape index (κ2) is 6.07. The monoisotopic (exact) mass is 313 g/mol. The van der Waals surface area contributed by atoms with Crippen molar-refractivity contribution in [2.45, 2.75) is 46.6 Å². The predicted octanol–water partition coefficient (Wildman–Crippen LogP) is 4.28. The van der Waals surface area contributed by atoms with Crippen molar-refractivity contribution in [1.82, 2.24) is 10.1 Å². The minimum absolute atomic E-state index is 0.0489. The molecule has 1 saturated heterocycles. The highest BCUT2D eigenvalue weighted by atomic mass is 16.5. The summed E-state index contributed by atoms with van der Waals surface area (Å²) < 4.78 is 5.27. The second-order valence-corrected chi connectivity index (χ2v) is 6.32. The molecule has 1 aliphatic rings. The molecule has 1 unspecified atom stereocenters. The summed E-state index contributed by atoms with van der Waals surface area (Å²) in [6.45, 7) is 8.71. The van der Waals surface area contributed by atoms with Crippen LogP contribution in [-0.4, -0.2) is 22.6 Å². The Hall–Kier alpha value is -2.30. The first kappa shape index (κ1) is 15.6. The zero-order valence-electron chi connectivity index (χ0n) is 14.1. The van der Waals surface area contributed by atoms with Crippen molar-refractivity contribution in [2.24, 2.45) is 0 Å². The first-order valence-electron chi connectivity index (χ1n) is 8.05. The Balaban J connectivity index is 1.79. The van der Waals surface area contributed by atoms with Crippen molar-refractivity contribution >= 4 is 11.7 Å². The maximum absolute atomic E-state index is 12.7. The van der Waals surface area contributed by atoms with Crippen LogP contribution in [0, 0.1) is 27.7 Å². The number of rotatable bonds is 2. The highest BCUT2D eigenvalue weighted by Gasteiger charge is 2.33. The maximum atomic E-state index is 12.7. The van der Waals surface area contributed by atoms with Crippen molar-refractivity contribution < 1.29 is 9.32 Å². The normalized spacial score (nSPS) is 17.6. The van der Waals surface area contributed by atoms with Crippen LogP contribution in [-0.2, 0) is 0 Å². The van der Waals surface area contributed by atoms with E-state index in [1.807, 2.05) is 43.9 Å². The number of benzene rings is 1. The molecule has 1 atom stereocenters. The minimum atomic E-state index is -0.0595. The summed E-state index contributed by atoms with van der Waals surface area (Å²) in [4.78, 5) is 14.6. The first-order chi connectivity index (χ1) is 11.0. The van der Waals surface area contributed by atoms with Crippen molar-refractivity contribution in [3.05, 3.63) is 46.3 Å². The molecule has 0 radical (unpaired) electrons. The fraction of sp³-hybridized carbons (Fsp3) is 0.444. The highest BCUT2D eigenvalue weighted by Crippen LogP contribution is 2.35. The summed E-state index contributed by atoms with van der Waals surface area (Å²) in [5.41, 5.74) is 5.16. The van der Waals surface area contributed by atoms with Gasteiger partial charge in [0.1, 0.15) is 5.76 Å². The number of hydrogen-bond donors (Lipinski definition) is 1. The molecule has 1 aromatic carbocycles. The van der Waals surface area contributed by atoms with Gasteiger partial charge in [0.25, 0.3) is 0 Å². The summed E-state index contributed by atoms with van der Waals surface area (Å²) >= 11 is 0. The zero-order valence-corrected chi connectivity index (χ0v) is 14.1. The van der Waals surface area contributed by atoms with Gasteiger partial charge in [-0.2, -0.15) is 0 Å². The van der Waals surface area contributed by atoms with Crippen LogP contribution in [0.2, 0.25) is 0 Å². The smallest absolute Gasteiger partial charge is 0.322 e. The van der Waals surface area contributed by atoms with E-state index in [-0.39, 0.29) is 12.1 Å². The molecule has 0 saturated carbocycles. The number of carbonyl (C=O) groups is 1. The molecule has 3 rings (SSSR count). The van der Waals surface area contributed by atoms with Crippen LogP contribution in [0.5, 0.6) is 0 Å². The number of likely N-dealkylation sites (tertiary alicyclic amines) is 1. The van der Waals surface area contributed by atoms with Gasteiger partial charge in [0.05, 0.1) is 11.7 Å². The van der Waals surface area contributed by atoms with Crippen molar-refractivity contribution in [3.8, 4) is 0 Å². The molecule has 1 N–H and O–H groups in total. The minimum Gasteiger partial charge on any atom is -0.361 e. The molecule has 1 aromatic heterocycles. The fourth-order valence-electron chi connectivity index (χ4n) is 3.29. The number of urea groups is 1. The van der Waals surface area contributed by atoms with Gasteiger partial charge in [0.2, 0.25) is 0 Å². The van der Waals surface area contributed by atoms with Gasteiger partial charge < -0.3 is 14.7 Å². The number of aryl methyl sites for hydroxylation is 4. The van der Waals surface area contributed by atoms with E-state index >= 15 is 0 Å². The van der Waals surface area contributed by atoms with Crippen LogP contribution in [0.1, 0.15) is 47.0 Å². The molecule has 5 nitrogen and oxygen atoms in total. The van der Waals surface area contributed by atoms with Gasteiger partial charge in [-0.25, -0.2) is 4.79 Å². The Morgan fingerprint density at radius 3 is 2.70 bits per heavy atom. The average Bonchev–Trinajstić information content (AvgIpc) is 3.09. The topological polar surface area (TPSA) is 58.4 Å². The molecule has 2 amide bonds. The lowest BCUT2D eigenvalue weighted by atomic mass is 10.0. The summed E-state index contributed by atoms with van der Waals surface area (Å²) in [6.07, 6.45) is 1.94. The summed E-state index contributed by atoms with van der Waals surface area (Å²) in [5, 5.41) is 7.05. The molecule has 2 aromatic rings. The molecule has 5 heteroatoms. The lowest BCUT2D eigenvalue weighted by Crippen LogP contribution is -2.34. The molecular formula is C18H23N3O2. The molecule has 23 heavy (non-hydrogen) atoms. The zero-order chi connectivity index (χ0) is 16.6. The Morgan fingerprint density at radius 2 is 2.04 bits per heavy atom. The average molecular weight is 313 g/mol. The van der Waals surface area contributed by atoms with E-state index in [2.05, 4.69) is 17.4 Å². The Morgan fingerprint density at radius 1 is 1.26 bits per heavy atom. The number of aromatic nitrogens is 1. The molecule has 0 aliphatic carbocycles. The van der Waals surface area contributed by atoms with Crippen molar-refractivity contribution in [3.63, 3.8) is 0 Å². The number of anilines is 1. The number of hydrogen-bond acceptors (Lipinski definition) is 3. The first-order valence-corrected chi connectivity index (χ1v) is 8.05. The van der Waals surface area contributed by atoms with Gasteiger partial charge in [-0.15, -0.1) is 0 Å². The number of nitrogens with one attached hydrogen (secondary N) is 1. The second-order valence-electron chi connectivity index (χ2n) is 6.32. The molecule has 0 bridgehead atoms. The standard InChI is InChI=1S/C18H23N3O2/c1-11-7-8-15(10-12(11)2)19-18(22)21-9-5-6-16(21)17-13(3)20-23-14(17)4/h7-8,10,16H,5-6,9H2,1-4H3,(H,19,22). The SMILES string of the molecule is Cc1ccc(NC(=O)N2CCCC2c2c(C)noc2C)cc1C. The molecule has 122 valence electrons. The van der Waals surface area contributed by atoms with Crippen molar-refractivity contribution in [2.75, 3.05) is 11.9 Å². The van der Waals surface area contributed by atoms with E-state index in [9.17, 15) is 4.79 Å². The van der Waals surface area contributed by atoms with Crippen LogP contribution in [0.3, 0.4) is 0 Å². The van der Waals surface area contributed by atoms with Crippen LogP contribution in [0.15, 0.2) is 22.7 Å². The molecule has 1 aliphatic heterocycles. The van der Waals surface area contributed by atoms with Gasteiger partial charge in [-0.05, 0) is 63.8 Å². The summed E-state index contributed by atoms with van der Waals surface area (Å²) in [6, 6.07) is 5.97. The van der Waals surface area contributed by atoms with E-state index in [1.165, 1.54) is 11.1 Å². The van der Waals surface area contributed by atoms with E-state index < -0.39 is 0 Å². The lowest BCUT2D eigenvalue weighted by molar-refractivity contribution is 0.206. The van der Waals surface area contributed by atoms with Crippen LogP contribution < -0.4 is 5.32 Å². The highest BCUT2D eigenvalue weighted by molar-refractivity contribution is 5.90. The van der Waals surface area contributed by atoms with Crippen LogP contribution in [0.25, 0.3) is 0 Å². The van der Waals surface area contributed by atoms with Gasteiger partial charge in [0.15, 0.2) is 0 Å². The third kappa shape index (κ3) is 2.96. The summed E-state index contributed by atoms with van der Waals surface area (Å²) in [5.74, 6) is 0.804. The van der Waals surface area contributed by atoms with E-state index in [0.29, 0.717) is 0 Å². The molecule has 2 heterocycles. The van der Waals surface area contributed by atoms with Gasteiger partial charge in [-0.3, -0.25) is 0 Å². The van der Waals surface area contributed by atoms with Crippen LogP contribution >= 0.6 is 0 Å². The largest absolute Gasteiger partial charge is 0.361 e. The predicted molar refractivity (Wildman–Crippen MR) is 89.6 cm³/mol. The van der Waals surface area contributed by atoms with E-state index in [0.717, 1.165) is 42.1 Å². The number of nitrogens with zero attached hydrogens (tertiary/aromatic N) is 2. The quantitative estimate of drug-likeness (QED) is 0.900. The molecule has 1 fully saturated rings. The van der Waals surface area contributed by atoms with Gasteiger partial charge >= 0.3 is 6.03 Å². The summed E-state index contributed by atoms with van der Waals surface area (Å²) in [7, 11) is 0. The Labute approximate surface area is 136 Å². The fourth-order valence-corrected chi connectivity index (χ4v) is 3.29. The maximum Gasteiger partial charge on any atom is 0.322 e. The third-order valence-corrected chi connectivity index (χ3v) is 4.69. The molecular weight excluding hydrogens is 290 g/mol. The van der Waals surface area contributed by atoms with Crippen molar-refractivity contribution in [1.29, 1.82) is 0 Å².